The van der Waals surface area contributed by atoms with Crippen molar-refractivity contribution in [2.75, 3.05) is 6.54 Å². The van der Waals surface area contributed by atoms with E-state index in [4.69, 9.17) is 5.73 Å². The molecule has 0 bridgehead atoms. The van der Waals surface area contributed by atoms with Gasteiger partial charge in [0.15, 0.2) is 0 Å². The van der Waals surface area contributed by atoms with Crippen molar-refractivity contribution in [2.24, 2.45) is 5.73 Å². The minimum atomic E-state index is -0.260. The average Bonchev–Trinajstić information content (AvgIpc) is 2.47. The molecule has 2 aromatic carbocycles. The topological polar surface area (TPSA) is 55.1 Å². The minimum Gasteiger partial charge on any atom is -0.352 e. The molecule has 0 radical (unpaired) electrons. The van der Waals surface area contributed by atoms with E-state index in [9.17, 15) is 9.18 Å². The predicted octanol–water partition coefficient (Wildman–Crippen LogP) is 2.35. The van der Waals surface area contributed by atoms with Gasteiger partial charge in [-0.05, 0) is 47.7 Å². The first kappa shape index (κ1) is 13.8. The van der Waals surface area contributed by atoms with Crippen LogP contribution in [-0.4, -0.2) is 12.5 Å². The van der Waals surface area contributed by atoms with E-state index in [1.807, 2.05) is 24.3 Å². The van der Waals surface area contributed by atoms with Gasteiger partial charge in [-0.2, -0.15) is 0 Å². The first-order valence-corrected chi connectivity index (χ1v) is 7.04. The van der Waals surface area contributed by atoms with E-state index in [0.29, 0.717) is 18.5 Å². The number of nitrogens with two attached hydrogens (primary N) is 1. The molecule has 1 unspecified atom stereocenters. The second-order valence-electron chi connectivity index (χ2n) is 5.36. The van der Waals surface area contributed by atoms with Crippen LogP contribution >= 0.6 is 0 Å². The van der Waals surface area contributed by atoms with E-state index in [2.05, 4.69) is 5.32 Å². The lowest BCUT2D eigenvalue weighted by Gasteiger charge is -2.19. The molecule has 0 saturated heterocycles. The number of carbonyl (C=O) groups excluding carboxylic acids is 1. The molecule has 1 amide bonds. The lowest BCUT2D eigenvalue weighted by atomic mass is 9.93. The molecule has 1 aliphatic rings. The maximum Gasteiger partial charge on any atom is 0.251 e. The van der Waals surface area contributed by atoms with Crippen LogP contribution in [0.5, 0.6) is 0 Å². The van der Waals surface area contributed by atoms with Crippen LogP contribution in [0.2, 0.25) is 0 Å². The fraction of sp³-hybridized carbons (Fsp3) is 0.235. The molecule has 1 heterocycles. The summed E-state index contributed by atoms with van der Waals surface area (Å²) in [5, 5.41) is 2.83. The van der Waals surface area contributed by atoms with Crippen LogP contribution in [0.25, 0.3) is 0 Å². The fourth-order valence-corrected chi connectivity index (χ4v) is 2.70. The Hall–Kier alpha value is -2.20. The number of benzene rings is 2. The standard InChI is InChI=1S/C17H17FN2O/c18-14-3-1-2-11(8-14)9-16(19)13-5-4-12-6-7-20-17(21)15(12)10-13/h1-5,8,10,16H,6-7,9,19H2,(H,20,21). The summed E-state index contributed by atoms with van der Waals surface area (Å²) in [6.45, 7) is 0.681. The first-order chi connectivity index (χ1) is 10.1. The molecule has 3 rings (SSSR count). The third kappa shape index (κ3) is 2.95. The number of amides is 1. The maximum atomic E-state index is 13.2. The van der Waals surface area contributed by atoms with Gasteiger partial charge in [0.1, 0.15) is 5.82 Å². The highest BCUT2D eigenvalue weighted by Crippen LogP contribution is 2.22. The van der Waals surface area contributed by atoms with Gasteiger partial charge in [0.05, 0.1) is 0 Å². The number of rotatable bonds is 3. The van der Waals surface area contributed by atoms with Gasteiger partial charge in [-0.3, -0.25) is 4.79 Å². The van der Waals surface area contributed by atoms with Crippen LogP contribution in [-0.2, 0) is 12.8 Å². The predicted molar refractivity (Wildman–Crippen MR) is 79.5 cm³/mol. The summed E-state index contributed by atoms with van der Waals surface area (Å²) in [5.74, 6) is -0.305. The van der Waals surface area contributed by atoms with Crippen molar-refractivity contribution in [1.82, 2.24) is 5.32 Å². The summed E-state index contributed by atoms with van der Waals surface area (Å²) >= 11 is 0. The molecular weight excluding hydrogens is 267 g/mol. The van der Waals surface area contributed by atoms with E-state index in [1.165, 1.54) is 12.1 Å². The van der Waals surface area contributed by atoms with Crippen molar-refractivity contribution in [3.05, 3.63) is 70.5 Å². The van der Waals surface area contributed by atoms with Crippen molar-refractivity contribution in [2.45, 2.75) is 18.9 Å². The molecule has 0 saturated carbocycles. The Balaban J connectivity index is 1.83. The van der Waals surface area contributed by atoms with Crippen molar-refractivity contribution >= 4 is 5.91 Å². The number of carbonyl (C=O) groups is 1. The number of fused-ring (bicyclic) bond motifs is 1. The van der Waals surface area contributed by atoms with Crippen LogP contribution in [0.1, 0.15) is 33.1 Å². The highest BCUT2D eigenvalue weighted by molar-refractivity contribution is 5.96. The van der Waals surface area contributed by atoms with Gasteiger partial charge in [0.25, 0.3) is 5.91 Å². The minimum absolute atomic E-state index is 0.0453. The van der Waals surface area contributed by atoms with Crippen LogP contribution in [0.15, 0.2) is 42.5 Å². The third-order valence-electron chi connectivity index (χ3n) is 3.83. The van der Waals surface area contributed by atoms with Gasteiger partial charge < -0.3 is 11.1 Å². The zero-order chi connectivity index (χ0) is 14.8. The quantitative estimate of drug-likeness (QED) is 0.909. The molecule has 0 aliphatic carbocycles. The van der Waals surface area contributed by atoms with Crippen LogP contribution < -0.4 is 11.1 Å². The van der Waals surface area contributed by atoms with E-state index in [0.717, 1.165) is 23.1 Å². The largest absolute Gasteiger partial charge is 0.352 e. The zero-order valence-electron chi connectivity index (χ0n) is 11.6. The Morgan fingerprint density at radius 2 is 2.10 bits per heavy atom. The number of halogens is 1. The molecule has 2 aromatic rings. The average molecular weight is 284 g/mol. The van der Waals surface area contributed by atoms with Crippen molar-refractivity contribution in [3.8, 4) is 0 Å². The van der Waals surface area contributed by atoms with Gasteiger partial charge in [-0.1, -0.05) is 24.3 Å². The van der Waals surface area contributed by atoms with Gasteiger partial charge in [-0.25, -0.2) is 4.39 Å². The molecule has 108 valence electrons. The second-order valence-corrected chi connectivity index (χ2v) is 5.36. The zero-order valence-corrected chi connectivity index (χ0v) is 11.6. The van der Waals surface area contributed by atoms with E-state index >= 15 is 0 Å². The number of hydrogen-bond acceptors (Lipinski definition) is 2. The molecule has 3 N–H and O–H groups in total. The molecule has 1 atom stereocenters. The molecule has 21 heavy (non-hydrogen) atoms. The molecule has 1 aliphatic heterocycles. The van der Waals surface area contributed by atoms with Crippen molar-refractivity contribution in [1.29, 1.82) is 0 Å². The Labute approximate surface area is 123 Å². The second kappa shape index (κ2) is 5.66. The van der Waals surface area contributed by atoms with Gasteiger partial charge in [-0.15, -0.1) is 0 Å². The highest BCUT2D eigenvalue weighted by atomic mass is 19.1. The summed E-state index contributed by atoms with van der Waals surface area (Å²) in [6.07, 6.45) is 1.39. The monoisotopic (exact) mass is 284 g/mol. The molecule has 0 fully saturated rings. The van der Waals surface area contributed by atoms with Gasteiger partial charge >= 0.3 is 0 Å². The van der Waals surface area contributed by atoms with E-state index in [-0.39, 0.29) is 17.8 Å². The summed E-state index contributed by atoms with van der Waals surface area (Å²) < 4.78 is 13.2. The number of nitrogens with one attached hydrogen (secondary N) is 1. The van der Waals surface area contributed by atoms with Gasteiger partial charge in [0, 0.05) is 18.2 Å². The molecule has 0 spiro atoms. The molecule has 3 nitrogen and oxygen atoms in total. The first-order valence-electron chi connectivity index (χ1n) is 7.04. The molecule has 4 heteroatoms. The van der Waals surface area contributed by atoms with Crippen LogP contribution in [0.4, 0.5) is 4.39 Å². The Bertz CT molecular complexity index is 684. The Morgan fingerprint density at radius 1 is 1.24 bits per heavy atom. The fourth-order valence-electron chi connectivity index (χ4n) is 2.70. The normalized spacial score (nSPS) is 15.2. The summed E-state index contributed by atoms with van der Waals surface area (Å²) in [5.41, 5.74) is 9.71. The number of hydrogen-bond donors (Lipinski definition) is 2. The maximum absolute atomic E-state index is 13.2. The van der Waals surface area contributed by atoms with Crippen LogP contribution in [0.3, 0.4) is 0 Å². The van der Waals surface area contributed by atoms with E-state index in [1.54, 1.807) is 6.07 Å². The van der Waals surface area contributed by atoms with Gasteiger partial charge in [0.2, 0.25) is 0 Å². The summed E-state index contributed by atoms with van der Waals surface area (Å²) in [7, 11) is 0. The summed E-state index contributed by atoms with van der Waals surface area (Å²) in [4.78, 5) is 11.9. The smallest absolute Gasteiger partial charge is 0.251 e. The Morgan fingerprint density at radius 3 is 2.90 bits per heavy atom. The van der Waals surface area contributed by atoms with Crippen molar-refractivity contribution < 1.29 is 9.18 Å². The lowest BCUT2D eigenvalue weighted by Crippen LogP contribution is -2.32. The molecular formula is C17H17FN2O. The third-order valence-corrected chi connectivity index (χ3v) is 3.83. The SMILES string of the molecule is NC(Cc1cccc(F)c1)c1ccc2c(c1)C(=O)NCC2. The summed E-state index contributed by atoms with van der Waals surface area (Å²) in [6, 6.07) is 12.0. The van der Waals surface area contributed by atoms with Crippen molar-refractivity contribution in [3.63, 3.8) is 0 Å². The highest BCUT2D eigenvalue weighted by Gasteiger charge is 2.18. The molecule has 0 aromatic heterocycles. The van der Waals surface area contributed by atoms with Crippen LogP contribution in [0, 0.1) is 5.82 Å². The lowest BCUT2D eigenvalue weighted by molar-refractivity contribution is 0.0946. The Kier molecular flexibility index (Phi) is 3.71. The van der Waals surface area contributed by atoms with E-state index < -0.39 is 0 Å².